The fraction of sp³-hybridized carbons (Fsp3) is 0.538. The van der Waals surface area contributed by atoms with Gasteiger partial charge in [-0.3, -0.25) is 0 Å². The van der Waals surface area contributed by atoms with Crippen molar-refractivity contribution in [2.75, 3.05) is 27.3 Å². The molecule has 0 aliphatic carbocycles. The van der Waals surface area contributed by atoms with E-state index >= 15 is 0 Å². The van der Waals surface area contributed by atoms with Crippen molar-refractivity contribution in [1.29, 1.82) is 0 Å². The Kier molecular flexibility index (Phi) is 6.11. The normalized spacial score (nSPS) is 13.3. The third-order valence-electron chi connectivity index (χ3n) is 2.58. The van der Waals surface area contributed by atoms with E-state index in [0.29, 0.717) is 12.3 Å². The van der Waals surface area contributed by atoms with E-state index in [1.807, 2.05) is 0 Å². The third-order valence-corrected chi connectivity index (χ3v) is 2.58. The maximum absolute atomic E-state index is 12.1. The van der Waals surface area contributed by atoms with Crippen molar-refractivity contribution < 1.29 is 22.6 Å². The molecule has 0 aromatic heterocycles. The summed E-state index contributed by atoms with van der Waals surface area (Å²) in [4.78, 5) is 0. The topological polar surface area (TPSA) is 30.5 Å². The number of methoxy groups -OCH3 is 1. The van der Waals surface area contributed by atoms with E-state index in [9.17, 15) is 13.2 Å². The van der Waals surface area contributed by atoms with Crippen molar-refractivity contribution in [3.05, 3.63) is 29.8 Å². The summed E-state index contributed by atoms with van der Waals surface area (Å²) in [5.74, 6) is 0.697. The second-order valence-electron chi connectivity index (χ2n) is 4.06. The van der Waals surface area contributed by atoms with Crippen molar-refractivity contribution in [2.24, 2.45) is 0 Å². The van der Waals surface area contributed by atoms with E-state index in [2.05, 4.69) is 5.32 Å². The van der Waals surface area contributed by atoms with Crippen molar-refractivity contribution >= 4 is 0 Å². The number of benzene rings is 1. The molecule has 0 spiro atoms. The van der Waals surface area contributed by atoms with Crippen molar-refractivity contribution in [1.82, 2.24) is 5.32 Å². The molecule has 1 N–H and O–H groups in total. The third kappa shape index (κ3) is 5.94. The molecule has 19 heavy (non-hydrogen) atoms. The first-order valence-corrected chi connectivity index (χ1v) is 5.93. The first kappa shape index (κ1) is 15.8. The first-order valence-electron chi connectivity index (χ1n) is 5.93. The molecule has 1 aromatic carbocycles. The molecule has 1 unspecified atom stereocenters. The zero-order valence-corrected chi connectivity index (χ0v) is 11.0. The van der Waals surface area contributed by atoms with Crippen LogP contribution in [0.1, 0.15) is 18.1 Å². The SMILES string of the molecule is CNCC(OCCC(F)(F)F)c1ccc(OC)cc1. The number of rotatable bonds is 7. The average Bonchev–Trinajstić information content (AvgIpc) is 2.36. The van der Waals surface area contributed by atoms with Gasteiger partial charge in [0.05, 0.1) is 26.2 Å². The van der Waals surface area contributed by atoms with Crippen molar-refractivity contribution in [2.45, 2.75) is 18.7 Å². The summed E-state index contributed by atoms with van der Waals surface area (Å²) >= 11 is 0. The Labute approximate surface area is 110 Å². The number of hydrogen-bond acceptors (Lipinski definition) is 3. The van der Waals surface area contributed by atoms with Gasteiger partial charge in [0.15, 0.2) is 0 Å². The van der Waals surface area contributed by atoms with Crippen molar-refractivity contribution in [3.8, 4) is 5.75 Å². The molecule has 0 radical (unpaired) electrons. The molecule has 0 aliphatic rings. The minimum Gasteiger partial charge on any atom is -0.497 e. The quantitative estimate of drug-likeness (QED) is 0.831. The van der Waals surface area contributed by atoms with Crippen LogP contribution in [0.25, 0.3) is 0 Å². The largest absolute Gasteiger partial charge is 0.497 e. The molecule has 108 valence electrons. The van der Waals surface area contributed by atoms with Gasteiger partial charge >= 0.3 is 6.18 Å². The summed E-state index contributed by atoms with van der Waals surface area (Å²) in [5, 5.41) is 2.91. The summed E-state index contributed by atoms with van der Waals surface area (Å²) in [5.41, 5.74) is 0.817. The second kappa shape index (κ2) is 7.35. The van der Waals surface area contributed by atoms with Gasteiger partial charge in [-0.2, -0.15) is 13.2 Å². The van der Waals surface area contributed by atoms with Gasteiger partial charge in [-0.15, -0.1) is 0 Å². The van der Waals surface area contributed by atoms with Crippen LogP contribution in [0.4, 0.5) is 13.2 Å². The van der Waals surface area contributed by atoms with Crippen LogP contribution in [0.2, 0.25) is 0 Å². The molecule has 1 rings (SSSR count). The summed E-state index contributed by atoms with van der Waals surface area (Å²) in [6, 6.07) is 7.08. The average molecular weight is 277 g/mol. The van der Waals surface area contributed by atoms with Crippen LogP contribution in [0.3, 0.4) is 0 Å². The van der Waals surface area contributed by atoms with Crippen LogP contribution in [0.15, 0.2) is 24.3 Å². The van der Waals surface area contributed by atoms with Gasteiger partial charge in [-0.05, 0) is 24.7 Å². The Balaban J connectivity index is 2.60. The maximum Gasteiger partial charge on any atom is 0.391 e. The zero-order valence-electron chi connectivity index (χ0n) is 11.0. The fourth-order valence-electron chi connectivity index (χ4n) is 1.59. The molecular formula is C13H18F3NO2. The van der Waals surface area contributed by atoms with Gasteiger partial charge in [-0.25, -0.2) is 0 Å². The predicted octanol–water partition coefficient (Wildman–Crippen LogP) is 2.92. The van der Waals surface area contributed by atoms with Gasteiger partial charge in [0.25, 0.3) is 0 Å². The minimum absolute atomic E-state index is 0.345. The zero-order chi connectivity index (χ0) is 14.3. The molecule has 0 heterocycles. The van der Waals surface area contributed by atoms with Crippen LogP contribution in [-0.4, -0.2) is 33.5 Å². The molecule has 0 saturated carbocycles. The van der Waals surface area contributed by atoms with E-state index in [0.717, 1.165) is 5.56 Å². The molecular weight excluding hydrogens is 259 g/mol. The highest BCUT2D eigenvalue weighted by Gasteiger charge is 2.27. The van der Waals surface area contributed by atoms with E-state index < -0.39 is 18.7 Å². The van der Waals surface area contributed by atoms with Gasteiger partial charge in [-0.1, -0.05) is 12.1 Å². The predicted molar refractivity (Wildman–Crippen MR) is 66.3 cm³/mol. The summed E-state index contributed by atoms with van der Waals surface area (Å²) in [7, 11) is 3.28. The Morgan fingerprint density at radius 3 is 2.32 bits per heavy atom. The van der Waals surface area contributed by atoms with Gasteiger partial charge in [0, 0.05) is 6.54 Å². The van der Waals surface area contributed by atoms with Crippen LogP contribution >= 0.6 is 0 Å². The van der Waals surface area contributed by atoms with Crippen LogP contribution in [-0.2, 0) is 4.74 Å². The van der Waals surface area contributed by atoms with Gasteiger partial charge in [0.1, 0.15) is 5.75 Å². The maximum atomic E-state index is 12.1. The molecule has 3 nitrogen and oxygen atoms in total. The Morgan fingerprint density at radius 1 is 1.21 bits per heavy atom. The minimum atomic E-state index is -4.19. The highest BCUT2D eigenvalue weighted by Crippen LogP contribution is 2.23. The van der Waals surface area contributed by atoms with Gasteiger partial charge < -0.3 is 14.8 Å². The van der Waals surface area contributed by atoms with Crippen LogP contribution in [0.5, 0.6) is 5.75 Å². The Morgan fingerprint density at radius 2 is 1.84 bits per heavy atom. The van der Waals surface area contributed by atoms with E-state index in [4.69, 9.17) is 9.47 Å². The molecule has 0 saturated heterocycles. The fourth-order valence-corrected chi connectivity index (χ4v) is 1.59. The lowest BCUT2D eigenvalue weighted by Crippen LogP contribution is -2.22. The standard InChI is InChI=1S/C13H18F3NO2/c1-17-9-12(19-8-7-13(14,15)16)10-3-5-11(18-2)6-4-10/h3-6,12,17H,7-9H2,1-2H3. The van der Waals surface area contributed by atoms with Crippen molar-refractivity contribution in [3.63, 3.8) is 0 Å². The van der Waals surface area contributed by atoms with E-state index in [-0.39, 0.29) is 6.61 Å². The molecule has 0 amide bonds. The highest BCUT2D eigenvalue weighted by atomic mass is 19.4. The number of alkyl halides is 3. The number of ether oxygens (including phenoxy) is 2. The molecule has 1 atom stereocenters. The number of hydrogen-bond donors (Lipinski definition) is 1. The molecule has 0 aliphatic heterocycles. The molecule has 0 bridgehead atoms. The lowest BCUT2D eigenvalue weighted by Gasteiger charge is -2.19. The molecule has 1 aromatic rings. The summed E-state index contributed by atoms with van der Waals surface area (Å²) < 4.78 is 46.6. The highest BCUT2D eigenvalue weighted by molar-refractivity contribution is 5.28. The Bertz CT molecular complexity index is 365. The second-order valence-corrected chi connectivity index (χ2v) is 4.06. The molecule has 0 fully saturated rings. The molecule has 6 heteroatoms. The lowest BCUT2D eigenvalue weighted by molar-refractivity contribution is -0.149. The summed E-state index contributed by atoms with van der Waals surface area (Å²) in [6.07, 6.45) is -5.54. The smallest absolute Gasteiger partial charge is 0.391 e. The first-order chi connectivity index (χ1) is 8.96. The van der Waals surface area contributed by atoms with E-state index in [1.165, 1.54) is 0 Å². The number of likely N-dealkylation sites (N-methyl/N-ethyl adjacent to an activating group) is 1. The van der Waals surface area contributed by atoms with Crippen LogP contribution in [0, 0.1) is 0 Å². The number of nitrogens with one attached hydrogen (secondary N) is 1. The summed E-state index contributed by atoms with van der Waals surface area (Å²) in [6.45, 7) is 0.103. The van der Waals surface area contributed by atoms with E-state index in [1.54, 1.807) is 38.4 Å². The number of halogens is 3. The van der Waals surface area contributed by atoms with Crippen LogP contribution < -0.4 is 10.1 Å². The monoisotopic (exact) mass is 277 g/mol. The van der Waals surface area contributed by atoms with Gasteiger partial charge in [0.2, 0.25) is 0 Å². The lowest BCUT2D eigenvalue weighted by atomic mass is 10.1. The Hall–Kier alpha value is -1.27.